The molecule has 82 valence electrons. The molecule has 1 aromatic rings. The Kier molecular flexibility index (Phi) is 3.99. The molecule has 0 unspecified atom stereocenters. The molecular weight excluding hydrogens is 214 g/mol. The van der Waals surface area contributed by atoms with Crippen molar-refractivity contribution in [2.24, 2.45) is 0 Å². The summed E-state index contributed by atoms with van der Waals surface area (Å²) in [6.07, 6.45) is 2.01. The van der Waals surface area contributed by atoms with E-state index >= 15 is 0 Å². The molecule has 1 N–H and O–H groups in total. The molecule has 1 atom stereocenters. The van der Waals surface area contributed by atoms with Gasteiger partial charge in [-0.15, -0.1) is 0 Å². The zero-order valence-corrected chi connectivity index (χ0v) is 9.20. The SMILES string of the molecule is CS(=O)(=O)N[C@@H](C=O)Cc1ccccc1. The van der Waals surface area contributed by atoms with E-state index in [9.17, 15) is 13.2 Å². The van der Waals surface area contributed by atoms with Crippen molar-refractivity contribution in [2.45, 2.75) is 12.5 Å². The zero-order chi connectivity index (χ0) is 11.3. The number of nitrogens with one attached hydrogen (secondary N) is 1. The fourth-order valence-corrected chi connectivity index (χ4v) is 1.95. The van der Waals surface area contributed by atoms with E-state index in [0.717, 1.165) is 11.8 Å². The Morgan fingerprint density at radius 1 is 1.33 bits per heavy atom. The lowest BCUT2D eigenvalue weighted by atomic mass is 10.1. The van der Waals surface area contributed by atoms with Crippen LogP contribution in [0.2, 0.25) is 0 Å². The Labute approximate surface area is 89.4 Å². The molecule has 0 aliphatic heterocycles. The van der Waals surface area contributed by atoms with Crippen LogP contribution in [0.3, 0.4) is 0 Å². The van der Waals surface area contributed by atoms with Crippen LogP contribution in [0.1, 0.15) is 5.56 Å². The number of sulfonamides is 1. The van der Waals surface area contributed by atoms with Gasteiger partial charge in [0.05, 0.1) is 12.3 Å². The van der Waals surface area contributed by atoms with Crippen molar-refractivity contribution >= 4 is 16.3 Å². The van der Waals surface area contributed by atoms with Gasteiger partial charge in [-0.1, -0.05) is 30.3 Å². The first-order valence-corrected chi connectivity index (χ1v) is 6.37. The highest BCUT2D eigenvalue weighted by Gasteiger charge is 2.12. The van der Waals surface area contributed by atoms with Crippen molar-refractivity contribution in [3.8, 4) is 0 Å². The number of carbonyl (C=O) groups is 1. The van der Waals surface area contributed by atoms with Crippen molar-refractivity contribution in [3.05, 3.63) is 35.9 Å². The lowest BCUT2D eigenvalue weighted by molar-refractivity contribution is -0.109. The van der Waals surface area contributed by atoms with Crippen LogP contribution in [-0.2, 0) is 21.2 Å². The van der Waals surface area contributed by atoms with E-state index in [1.807, 2.05) is 30.3 Å². The zero-order valence-electron chi connectivity index (χ0n) is 8.38. The summed E-state index contributed by atoms with van der Waals surface area (Å²) in [4.78, 5) is 10.7. The molecule has 0 radical (unpaired) electrons. The molecule has 1 aromatic carbocycles. The molecule has 0 fully saturated rings. The van der Waals surface area contributed by atoms with Crippen LogP contribution < -0.4 is 4.72 Å². The van der Waals surface area contributed by atoms with E-state index in [4.69, 9.17) is 0 Å². The molecule has 0 aliphatic carbocycles. The van der Waals surface area contributed by atoms with Crippen LogP contribution in [0.4, 0.5) is 0 Å². The summed E-state index contributed by atoms with van der Waals surface area (Å²) in [5.41, 5.74) is 0.922. The van der Waals surface area contributed by atoms with Gasteiger partial charge in [-0.3, -0.25) is 0 Å². The molecular formula is C10H13NO3S. The van der Waals surface area contributed by atoms with Crippen LogP contribution >= 0.6 is 0 Å². The first-order chi connectivity index (χ1) is 7.01. The Balaban J connectivity index is 2.67. The molecule has 15 heavy (non-hydrogen) atoms. The maximum absolute atomic E-state index is 10.9. The highest BCUT2D eigenvalue weighted by atomic mass is 32.2. The number of aldehydes is 1. The van der Waals surface area contributed by atoms with Crippen LogP contribution in [-0.4, -0.2) is 27.0 Å². The first kappa shape index (κ1) is 11.9. The summed E-state index contributed by atoms with van der Waals surface area (Å²) in [5, 5.41) is 0. The van der Waals surface area contributed by atoms with Gasteiger partial charge in [-0.05, 0) is 12.0 Å². The average molecular weight is 227 g/mol. The van der Waals surface area contributed by atoms with Crippen molar-refractivity contribution in [1.82, 2.24) is 4.72 Å². The summed E-state index contributed by atoms with van der Waals surface area (Å²) in [6, 6.07) is 8.56. The van der Waals surface area contributed by atoms with Gasteiger partial charge in [0.15, 0.2) is 0 Å². The molecule has 4 nitrogen and oxygen atoms in total. The van der Waals surface area contributed by atoms with Crippen molar-refractivity contribution in [2.75, 3.05) is 6.26 Å². The van der Waals surface area contributed by atoms with E-state index in [1.165, 1.54) is 0 Å². The van der Waals surface area contributed by atoms with Crippen LogP contribution in [0.25, 0.3) is 0 Å². The van der Waals surface area contributed by atoms with Crippen LogP contribution in [0, 0.1) is 0 Å². The molecule has 0 bridgehead atoms. The van der Waals surface area contributed by atoms with E-state index in [-0.39, 0.29) is 0 Å². The molecule has 0 heterocycles. The largest absolute Gasteiger partial charge is 0.302 e. The number of hydrogen-bond acceptors (Lipinski definition) is 3. The minimum atomic E-state index is -3.34. The molecule has 0 aromatic heterocycles. The average Bonchev–Trinajstić information content (AvgIpc) is 2.16. The summed E-state index contributed by atoms with van der Waals surface area (Å²) in [6.45, 7) is 0. The minimum Gasteiger partial charge on any atom is -0.302 e. The minimum absolute atomic E-state index is 0.372. The van der Waals surface area contributed by atoms with Gasteiger partial charge in [0.2, 0.25) is 10.0 Å². The highest BCUT2D eigenvalue weighted by molar-refractivity contribution is 7.88. The third-order valence-electron chi connectivity index (χ3n) is 1.83. The lowest BCUT2D eigenvalue weighted by Gasteiger charge is -2.10. The van der Waals surface area contributed by atoms with Gasteiger partial charge in [-0.2, -0.15) is 0 Å². The molecule has 0 spiro atoms. The highest BCUT2D eigenvalue weighted by Crippen LogP contribution is 2.02. The predicted molar refractivity (Wildman–Crippen MR) is 58.0 cm³/mol. The van der Waals surface area contributed by atoms with Gasteiger partial charge in [-0.25, -0.2) is 13.1 Å². The first-order valence-electron chi connectivity index (χ1n) is 4.48. The van der Waals surface area contributed by atoms with Crippen molar-refractivity contribution < 1.29 is 13.2 Å². The lowest BCUT2D eigenvalue weighted by Crippen LogP contribution is -2.36. The fraction of sp³-hybridized carbons (Fsp3) is 0.300. The molecule has 0 amide bonds. The number of benzene rings is 1. The maximum atomic E-state index is 10.9. The molecule has 0 saturated carbocycles. The van der Waals surface area contributed by atoms with E-state index < -0.39 is 16.1 Å². The van der Waals surface area contributed by atoms with Gasteiger partial charge in [0, 0.05) is 0 Å². The second-order valence-electron chi connectivity index (χ2n) is 3.32. The van der Waals surface area contributed by atoms with Crippen LogP contribution in [0.5, 0.6) is 0 Å². The summed E-state index contributed by atoms with van der Waals surface area (Å²) in [7, 11) is -3.34. The Morgan fingerprint density at radius 2 is 1.93 bits per heavy atom. The second kappa shape index (κ2) is 5.04. The predicted octanol–water partition coefficient (Wildman–Crippen LogP) is 0.346. The van der Waals surface area contributed by atoms with Crippen molar-refractivity contribution in [3.63, 3.8) is 0 Å². The standard InChI is InChI=1S/C10H13NO3S/c1-15(13,14)11-10(8-12)7-9-5-3-2-4-6-9/h2-6,8,10-11H,7H2,1H3/t10-/m1/s1. The molecule has 5 heteroatoms. The Morgan fingerprint density at radius 3 is 2.40 bits per heavy atom. The fourth-order valence-electron chi connectivity index (χ4n) is 1.26. The van der Waals surface area contributed by atoms with Crippen molar-refractivity contribution in [1.29, 1.82) is 0 Å². The monoisotopic (exact) mass is 227 g/mol. The smallest absolute Gasteiger partial charge is 0.209 e. The Bertz CT molecular complexity index is 414. The van der Waals surface area contributed by atoms with E-state index in [2.05, 4.69) is 4.72 Å². The third kappa shape index (κ3) is 4.71. The quantitative estimate of drug-likeness (QED) is 0.738. The third-order valence-corrected chi connectivity index (χ3v) is 2.56. The summed E-state index contributed by atoms with van der Waals surface area (Å²) < 4.78 is 24.1. The Hall–Kier alpha value is -1.20. The summed E-state index contributed by atoms with van der Waals surface area (Å²) >= 11 is 0. The van der Waals surface area contributed by atoms with Crippen LogP contribution in [0.15, 0.2) is 30.3 Å². The molecule has 0 aliphatic rings. The normalized spacial score (nSPS) is 13.4. The molecule has 1 rings (SSSR count). The van der Waals surface area contributed by atoms with Gasteiger partial charge in [0.1, 0.15) is 6.29 Å². The second-order valence-corrected chi connectivity index (χ2v) is 5.10. The van der Waals surface area contributed by atoms with E-state index in [1.54, 1.807) is 0 Å². The topological polar surface area (TPSA) is 63.2 Å². The number of carbonyl (C=O) groups excluding carboxylic acids is 1. The van der Waals surface area contributed by atoms with Gasteiger partial charge in [0.25, 0.3) is 0 Å². The maximum Gasteiger partial charge on any atom is 0.209 e. The molecule has 0 saturated heterocycles. The van der Waals surface area contributed by atoms with E-state index in [0.29, 0.717) is 12.7 Å². The number of rotatable bonds is 5. The number of hydrogen-bond donors (Lipinski definition) is 1. The van der Waals surface area contributed by atoms with Gasteiger partial charge < -0.3 is 4.79 Å². The van der Waals surface area contributed by atoms with Gasteiger partial charge >= 0.3 is 0 Å². The summed E-state index contributed by atoms with van der Waals surface area (Å²) in [5.74, 6) is 0.